The summed E-state index contributed by atoms with van der Waals surface area (Å²) in [6.07, 6.45) is 0. The molecule has 3 nitrogen and oxygen atoms in total. The van der Waals surface area contributed by atoms with Gasteiger partial charge in [-0.2, -0.15) is 18.2 Å². The minimum atomic E-state index is -0.0402. The van der Waals surface area contributed by atoms with Crippen LogP contribution in [0.1, 0.15) is 13.8 Å². The molecule has 1 amide bonds. The van der Waals surface area contributed by atoms with Crippen LogP contribution in [0.15, 0.2) is 30.3 Å². The second-order valence-corrected chi connectivity index (χ2v) is 3.96. The van der Waals surface area contributed by atoms with Crippen LogP contribution in [-0.2, 0) is 4.79 Å². The first-order valence-electron chi connectivity index (χ1n) is 5.24. The SMILES string of the molecule is CC(C)C(=O)Nc1ccc2c[c-]ccc2n1.[K+]. The van der Waals surface area contributed by atoms with Crippen molar-refractivity contribution < 1.29 is 56.2 Å². The van der Waals surface area contributed by atoms with E-state index in [2.05, 4.69) is 16.4 Å². The van der Waals surface area contributed by atoms with Crippen molar-refractivity contribution in [3.8, 4) is 0 Å². The van der Waals surface area contributed by atoms with Crippen LogP contribution in [0, 0.1) is 12.0 Å². The Hall–Kier alpha value is -0.264. The number of nitrogens with one attached hydrogen (secondary N) is 1. The summed E-state index contributed by atoms with van der Waals surface area (Å²) in [4.78, 5) is 15.8. The third kappa shape index (κ3) is 3.86. The van der Waals surface area contributed by atoms with Crippen LogP contribution in [-0.4, -0.2) is 10.9 Å². The Balaban J connectivity index is 0.00000144. The zero-order chi connectivity index (χ0) is 11.5. The van der Waals surface area contributed by atoms with Gasteiger partial charge in [-0.05, 0) is 11.6 Å². The molecule has 2 aromatic rings. The summed E-state index contributed by atoms with van der Waals surface area (Å²) in [5, 5.41) is 3.79. The van der Waals surface area contributed by atoms with E-state index in [0.717, 1.165) is 10.9 Å². The number of pyridine rings is 1. The van der Waals surface area contributed by atoms with Crippen LogP contribution in [0.5, 0.6) is 0 Å². The molecule has 17 heavy (non-hydrogen) atoms. The van der Waals surface area contributed by atoms with Gasteiger partial charge in [-0.15, -0.1) is 17.5 Å². The van der Waals surface area contributed by atoms with Gasteiger partial charge in [0.25, 0.3) is 0 Å². The van der Waals surface area contributed by atoms with Gasteiger partial charge in [-0.3, -0.25) is 9.78 Å². The standard InChI is InChI=1S/C13H13N2O.K/c1-9(2)13(16)15-12-8-7-10-5-3-4-6-11(10)14-12;/h4-9H,1-2H3,(H,14,15,16);/q-1;+1. The molecule has 0 spiro atoms. The Morgan fingerprint density at radius 1 is 1.35 bits per heavy atom. The summed E-state index contributed by atoms with van der Waals surface area (Å²) in [6.45, 7) is 3.71. The molecule has 1 aromatic carbocycles. The number of carbonyl (C=O) groups excluding carboxylic acids is 1. The number of anilines is 1. The minimum Gasteiger partial charge on any atom is -0.311 e. The topological polar surface area (TPSA) is 42.0 Å². The van der Waals surface area contributed by atoms with Crippen LogP contribution in [0.3, 0.4) is 0 Å². The molecule has 0 atom stereocenters. The quantitative estimate of drug-likeness (QED) is 0.585. The molecule has 0 aliphatic carbocycles. The number of carbonyl (C=O) groups is 1. The Kier molecular flexibility index (Phi) is 5.75. The number of nitrogens with zero attached hydrogens (tertiary/aromatic N) is 1. The van der Waals surface area contributed by atoms with Gasteiger partial charge < -0.3 is 5.32 Å². The fourth-order valence-corrected chi connectivity index (χ4v) is 1.35. The maximum Gasteiger partial charge on any atom is 1.00 e. The monoisotopic (exact) mass is 252 g/mol. The van der Waals surface area contributed by atoms with Gasteiger partial charge in [0, 0.05) is 5.92 Å². The molecule has 0 saturated carbocycles. The maximum absolute atomic E-state index is 11.5. The van der Waals surface area contributed by atoms with Gasteiger partial charge >= 0.3 is 51.4 Å². The number of hydrogen-bond acceptors (Lipinski definition) is 2. The molecule has 0 bridgehead atoms. The van der Waals surface area contributed by atoms with Crippen LogP contribution >= 0.6 is 0 Å². The summed E-state index contributed by atoms with van der Waals surface area (Å²) in [6, 6.07) is 12.3. The van der Waals surface area contributed by atoms with Crippen molar-refractivity contribution in [1.29, 1.82) is 0 Å². The van der Waals surface area contributed by atoms with Gasteiger partial charge in [0.05, 0.1) is 0 Å². The molecule has 0 radical (unpaired) electrons. The van der Waals surface area contributed by atoms with Crippen LogP contribution in [0.25, 0.3) is 10.9 Å². The maximum atomic E-state index is 11.5. The minimum absolute atomic E-state index is 0. The molecular weight excluding hydrogens is 239 g/mol. The molecule has 0 aliphatic heterocycles. The Morgan fingerprint density at radius 2 is 2.12 bits per heavy atom. The molecule has 0 aliphatic rings. The summed E-state index contributed by atoms with van der Waals surface area (Å²) in [5.41, 5.74) is 0.861. The number of benzene rings is 1. The first-order valence-corrected chi connectivity index (χ1v) is 5.24. The largest absolute Gasteiger partial charge is 1.00 e. The molecule has 0 unspecified atom stereocenters. The van der Waals surface area contributed by atoms with Gasteiger partial charge in [-0.25, -0.2) is 0 Å². The average Bonchev–Trinajstić information content (AvgIpc) is 2.28. The number of rotatable bonds is 2. The van der Waals surface area contributed by atoms with E-state index >= 15 is 0 Å². The normalized spacial score (nSPS) is 10.1. The molecule has 0 saturated heterocycles. The van der Waals surface area contributed by atoms with Crippen LogP contribution in [0.4, 0.5) is 5.82 Å². The van der Waals surface area contributed by atoms with Crippen molar-refractivity contribution in [3.63, 3.8) is 0 Å². The Labute approximate surface area is 143 Å². The summed E-state index contributed by atoms with van der Waals surface area (Å²) in [5.74, 6) is 0.536. The average molecular weight is 252 g/mol. The van der Waals surface area contributed by atoms with E-state index in [0.29, 0.717) is 5.82 Å². The predicted octanol–water partition coefficient (Wildman–Crippen LogP) is -0.367. The molecule has 82 valence electrons. The second kappa shape index (κ2) is 6.61. The summed E-state index contributed by atoms with van der Waals surface area (Å²) >= 11 is 0. The van der Waals surface area contributed by atoms with Crippen molar-refractivity contribution in [2.24, 2.45) is 5.92 Å². The van der Waals surface area contributed by atoms with E-state index in [9.17, 15) is 4.79 Å². The smallest absolute Gasteiger partial charge is 0.311 e. The van der Waals surface area contributed by atoms with E-state index in [1.54, 1.807) is 6.07 Å². The van der Waals surface area contributed by atoms with Gasteiger partial charge in [0.2, 0.25) is 5.91 Å². The third-order valence-corrected chi connectivity index (χ3v) is 2.31. The molecule has 2 rings (SSSR count). The van der Waals surface area contributed by atoms with Crippen molar-refractivity contribution in [3.05, 3.63) is 36.4 Å². The predicted molar refractivity (Wildman–Crippen MR) is 64.0 cm³/mol. The first-order chi connectivity index (χ1) is 7.66. The number of hydrogen-bond donors (Lipinski definition) is 1. The number of amides is 1. The first kappa shape index (κ1) is 14.8. The van der Waals surface area contributed by atoms with Crippen LogP contribution in [0.2, 0.25) is 0 Å². The summed E-state index contributed by atoms with van der Waals surface area (Å²) in [7, 11) is 0. The number of aromatic nitrogens is 1. The van der Waals surface area contributed by atoms with Crippen molar-refractivity contribution >= 4 is 22.6 Å². The molecule has 1 aromatic heterocycles. The fourth-order valence-electron chi connectivity index (χ4n) is 1.35. The van der Waals surface area contributed by atoms with E-state index < -0.39 is 0 Å². The van der Waals surface area contributed by atoms with Crippen molar-refractivity contribution in [2.75, 3.05) is 5.32 Å². The van der Waals surface area contributed by atoms with Gasteiger partial charge in [0.15, 0.2) is 0 Å². The zero-order valence-electron chi connectivity index (χ0n) is 10.3. The zero-order valence-corrected chi connectivity index (χ0v) is 13.4. The van der Waals surface area contributed by atoms with Crippen molar-refractivity contribution in [2.45, 2.75) is 13.8 Å². The molecule has 1 heterocycles. The van der Waals surface area contributed by atoms with E-state index in [1.807, 2.05) is 38.1 Å². The summed E-state index contributed by atoms with van der Waals surface area (Å²) < 4.78 is 0. The molecule has 0 fully saturated rings. The second-order valence-electron chi connectivity index (χ2n) is 3.96. The van der Waals surface area contributed by atoms with E-state index in [1.165, 1.54) is 0 Å². The van der Waals surface area contributed by atoms with Crippen LogP contribution < -0.4 is 56.7 Å². The Morgan fingerprint density at radius 3 is 2.82 bits per heavy atom. The van der Waals surface area contributed by atoms with E-state index in [-0.39, 0.29) is 63.2 Å². The third-order valence-electron chi connectivity index (χ3n) is 2.31. The Bertz CT molecular complexity index is 526. The van der Waals surface area contributed by atoms with Crippen molar-refractivity contribution in [1.82, 2.24) is 4.98 Å². The fraction of sp³-hybridized carbons (Fsp3) is 0.231. The molecule has 4 heteroatoms. The molecular formula is C13H13KN2O. The van der Waals surface area contributed by atoms with E-state index in [4.69, 9.17) is 0 Å². The molecule has 1 N–H and O–H groups in total. The number of fused-ring (bicyclic) bond motifs is 1. The van der Waals surface area contributed by atoms with Gasteiger partial charge in [-0.1, -0.05) is 13.8 Å². The van der Waals surface area contributed by atoms with Gasteiger partial charge in [0.1, 0.15) is 5.82 Å².